The zero-order chi connectivity index (χ0) is 19.4. The number of hydrogen-bond donors (Lipinski definition) is 1. The van der Waals surface area contributed by atoms with Gasteiger partial charge in [-0.2, -0.15) is 0 Å². The molecular formula is C20H35N5OS. The van der Waals surface area contributed by atoms with Gasteiger partial charge >= 0.3 is 0 Å². The normalized spacial score (nSPS) is 26.0. The molecule has 152 valence electrons. The number of nitrogens with zero attached hydrogens (tertiary/aromatic N) is 4. The first-order chi connectivity index (χ1) is 12.9. The molecular weight excluding hydrogens is 358 g/mol. The van der Waals surface area contributed by atoms with Crippen LogP contribution in [0, 0.1) is 5.92 Å². The Hall–Kier alpha value is -1.02. The maximum atomic E-state index is 12.9. The van der Waals surface area contributed by atoms with Gasteiger partial charge in [-0.3, -0.25) is 9.69 Å². The molecule has 0 radical (unpaired) electrons. The number of amides is 1. The molecule has 0 spiro atoms. The first kappa shape index (κ1) is 20.7. The molecule has 3 rings (SSSR count). The van der Waals surface area contributed by atoms with Gasteiger partial charge in [0.25, 0.3) is 0 Å². The van der Waals surface area contributed by atoms with Gasteiger partial charge in [0.2, 0.25) is 5.91 Å². The summed E-state index contributed by atoms with van der Waals surface area (Å²) in [5, 5.41) is 0.612. The van der Waals surface area contributed by atoms with Crippen LogP contribution in [0.1, 0.15) is 26.7 Å². The highest BCUT2D eigenvalue weighted by atomic mass is 32.2. The maximum absolute atomic E-state index is 12.9. The number of carbonyl (C=O) groups is 1. The lowest BCUT2D eigenvalue weighted by atomic mass is 9.94. The molecule has 0 aromatic carbocycles. The van der Waals surface area contributed by atoms with E-state index in [2.05, 4.69) is 40.1 Å². The summed E-state index contributed by atoms with van der Waals surface area (Å²) in [6, 6.07) is 0. The molecule has 7 heteroatoms. The number of carbonyl (C=O) groups excluding carboxylic acids is 1. The molecule has 27 heavy (non-hydrogen) atoms. The number of nitrogens with two attached hydrogens (primary N) is 1. The highest BCUT2D eigenvalue weighted by molar-refractivity contribution is 7.97. The van der Waals surface area contributed by atoms with Crippen molar-refractivity contribution in [1.29, 1.82) is 0 Å². The lowest BCUT2D eigenvalue weighted by molar-refractivity contribution is -0.138. The van der Waals surface area contributed by atoms with Crippen LogP contribution < -0.4 is 5.73 Å². The minimum Gasteiger partial charge on any atom is -0.362 e. The van der Waals surface area contributed by atoms with Crippen LogP contribution in [0.25, 0.3) is 0 Å². The van der Waals surface area contributed by atoms with Crippen LogP contribution in [-0.2, 0) is 4.79 Å². The molecule has 2 fully saturated rings. The van der Waals surface area contributed by atoms with Crippen molar-refractivity contribution in [2.24, 2.45) is 11.7 Å². The van der Waals surface area contributed by atoms with E-state index in [9.17, 15) is 4.79 Å². The van der Waals surface area contributed by atoms with E-state index in [-0.39, 0.29) is 12.1 Å². The Morgan fingerprint density at radius 1 is 1.19 bits per heavy atom. The van der Waals surface area contributed by atoms with E-state index < -0.39 is 0 Å². The predicted molar refractivity (Wildman–Crippen MR) is 113 cm³/mol. The molecule has 0 bridgehead atoms. The second-order valence-electron chi connectivity index (χ2n) is 8.17. The summed E-state index contributed by atoms with van der Waals surface area (Å²) in [7, 11) is 1.99. The van der Waals surface area contributed by atoms with Crippen molar-refractivity contribution in [2.45, 2.75) is 38.1 Å². The van der Waals surface area contributed by atoms with Gasteiger partial charge in [0, 0.05) is 57.1 Å². The van der Waals surface area contributed by atoms with Gasteiger partial charge in [-0.1, -0.05) is 25.8 Å². The van der Waals surface area contributed by atoms with Crippen molar-refractivity contribution >= 4 is 17.9 Å². The second-order valence-corrected chi connectivity index (χ2v) is 9.84. The Balaban J connectivity index is 1.41. The van der Waals surface area contributed by atoms with E-state index >= 15 is 0 Å². The third-order valence-electron chi connectivity index (χ3n) is 5.63. The lowest BCUT2D eigenvalue weighted by Crippen LogP contribution is -2.50. The fourth-order valence-electron chi connectivity index (χ4n) is 3.98. The SMILES string of the molecule is CC(C)SN1CCN(C(=O)C2CCN(CC3=CC(N)N(C)C=C3)CC2)CC1. The van der Waals surface area contributed by atoms with Crippen LogP contribution in [0.15, 0.2) is 23.9 Å². The van der Waals surface area contributed by atoms with Gasteiger partial charge in [-0.15, -0.1) is 0 Å². The van der Waals surface area contributed by atoms with Crippen LogP contribution in [-0.4, -0.2) is 89.2 Å². The predicted octanol–water partition coefficient (Wildman–Crippen LogP) is 1.57. The zero-order valence-electron chi connectivity index (χ0n) is 17.0. The molecule has 3 heterocycles. The number of likely N-dealkylation sites (tertiary alicyclic amines) is 1. The maximum Gasteiger partial charge on any atom is 0.225 e. The molecule has 3 aliphatic rings. The zero-order valence-corrected chi connectivity index (χ0v) is 17.8. The standard InChI is InChI=1S/C20H35N5OS/c1-16(2)27-25-12-10-24(11-13-25)20(26)18-5-8-23(9-6-18)15-17-4-7-22(3)19(21)14-17/h4,7,14,16,18-19H,5-6,8-13,15,21H2,1-3H3. The van der Waals surface area contributed by atoms with E-state index in [0.717, 1.165) is 58.7 Å². The van der Waals surface area contributed by atoms with Gasteiger partial charge in [-0.05, 0) is 43.7 Å². The Morgan fingerprint density at radius 3 is 2.44 bits per heavy atom. The Kier molecular flexibility index (Phi) is 7.25. The van der Waals surface area contributed by atoms with E-state index in [1.165, 1.54) is 5.57 Å². The van der Waals surface area contributed by atoms with Crippen molar-refractivity contribution in [3.05, 3.63) is 23.9 Å². The van der Waals surface area contributed by atoms with E-state index in [4.69, 9.17) is 5.73 Å². The summed E-state index contributed by atoms with van der Waals surface area (Å²) in [6.07, 6.45) is 8.25. The second kappa shape index (κ2) is 9.45. The van der Waals surface area contributed by atoms with Crippen molar-refractivity contribution in [3.63, 3.8) is 0 Å². The molecule has 0 aromatic heterocycles. The number of piperidine rings is 1. The van der Waals surface area contributed by atoms with Gasteiger partial charge in [-0.25, -0.2) is 4.31 Å². The van der Waals surface area contributed by atoms with E-state index in [1.807, 2.05) is 30.1 Å². The first-order valence-electron chi connectivity index (χ1n) is 10.2. The number of rotatable bonds is 5. The summed E-state index contributed by atoms with van der Waals surface area (Å²) < 4.78 is 2.41. The monoisotopic (exact) mass is 393 g/mol. The quantitative estimate of drug-likeness (QED) is 0.716. The molecule has 2 saturated heterocycles. The largest absolute Gasteiger partial charge is 0.362 e. The van der Waals surface area contributed by atoms with Crippen LogP contribution >= 0.6 is 11.9 Å². The van der Waals surface area contributed by atoms with Crippen LogP contribution in [0.5, 0.6) is 0 Å². The molecule has 1 amide bonds. The summed E-state index contributed by atoms with van der Waals surface area (Å²) in [6.45, 7) is 11.1. The average Bonchev–Trinajstić information content (AvgIpc) is 2.65. The van der Waals surface area contributed by atoms with Crippen LogP contribution in [0.3, 0.4) is 0 Å². The molecule has 2 N–H and O–H groups in total. The molecule has 0 aliphatic carbocycles. The molecule has 0 saturated carbocycles. The summed E-state index contributed by atoms with van der Waals surface area (Å²) in [5.74, 6) is 0.582. The Bertz CT molecular complexity index is 563. The van der Waals surface area contributed by atoms with E-state index in [1.54, 1.807) is 0 Å². The fraction of sp³-hybridized carbons (Fsp3) is 0.750. The molecule has 0 aromatic rings. The Morgan fingerprint density at radius 2 is 1.85 bits per heavy atom. The number of piperazine rings is 1. The van der Waals surface area contributed by atoms with Crippen molar-refractivity contribution in [3.8, 4) is 0 Å². The molecule has 3 aliphatic heterocycles. The number of likely N-dealkylation sites (N-methyl/N-ethyl adjacent to an activating group) is 1. The van der Waals surface area contributed by atoms with Gasteiger partial charge in [0.15, 0.2) is 0 Å². The average molecular weight is 394 g/mol. The summed E-state index contributed by atoms with van der Waals surface area (Å²) >= 11 is 1.91. The molecule has 1 unspecified atom stereocenters. The minimum absolute atomic E-state index is 0.0309. The van der Waals surface area contributed by atoms with E-state index in [0.29, 0.717) is 11.2 Å². The van der Waals surface area contributed by atoms with Crippen LogP contribution in [0.2, 0.25) is 0 Å². The van der Waals surface area contributed by atoms with Crippen LogP contribution in [0.4, 0.5) is 0 Å². The lowest BCUT2D eigenvalue weighted by Gasteiger charge is -2.38. The van der Waals surface area contributed by atoms with Crippen molar-refractivity contribution in [1.82, 2.24) is 19.0 Å². The smallest absolute Gasteiger partial charge is 0.225 e. The highest BCUT2D eigenvalue weighted by Gasteiger charge is 2.30. The van der Waals surface area contributed by atoms with Gasteiger partial charge in [0.1, 0.15) is 0 Å². The van der Waals surface area contributed by atoms with Crippen molar-refractivity contribution in [2.75, 3.05) is 52.9 Å². The summed E-state index contributed by atoms with van der Waals surface area (Å²) in [4.78, 5) is 19.5. The van der Waals surface area contributed by atoms with Gasteiger partial charge < -0.3 is 15.5 Å². The summed E-state index contributed by atoms with van der Waals surface area (Å²) in [5.41, 5.74) is 7.36. The van der Waals surface area contributed by atoms with Gasteiger partial charge in [0.05, 0.1) is 6.17 Å². The number of hydrogen-bond acceptors (Lipinski definition) is 6. The third-order valence-corrected chi connectivity index (χ3v) is 6.72. The third kappa shape index (κ3) is 5.73. The Labute approximate surface area is 168 Å². The fourth-order valence-corrected chi connectivity index (χ4v) is 4.95. The molecule has 1 atom stereocenters. The molecule has 6 nitrogen and oxygen atoms in total. The highest BCUT2D eigenvalue weighted by Crippen LogP contribution is 2.24. The minimum atomic E-state index is -0.0309. The van der Waals surface area contributed by atoms with Crippen molar-refractivity contribution < 1.29 is 4.79 Å². The first-order valence-corrected chi connectivity index (χ1v) is 11.1. The topological polar surface area (TPSA) is 56.1 Å².